The van der Waals surface area contributed by atoms with E-state index in [9.17, 15) is 18.0 Å². The first-order valence-electron chi connectivity index (χ1n) is 6.83. The SMILES string of the molecule is CC(C(=O)O)N(C)C(=O)c1sccc1S(=O)(=O)NCc1cccs1. The van der Waals surface area contributed by atoms with Crippen LogP contribution in [-0.2, 0) is 21.4 Å². The maximum atomic E-state index is 12.5. The highest BCUT2D eigenvalue weighted by atomic mass is 32.2. The summed E-state index contributed by atoms with van der Waals surface area (Å²) in [6, 6.07) is 3.90. The van der Waals surface area contributed by atoms with E-state index in [1.54, 1.807) is 6.07 Å². The molecular formula is C14H16N2O5S3. The third-order valence-corrected chi connectivity index (χ3v) is 6.74. The van der Waals surface area contributed by atoms with Crippen molar-refractivity contribution in [1.29, 1.82) is 0 Å². The van der Waals surface area contributed by atoms with Crippen LogP contribution in [0.1, 0.15) is 21.5 Å². The van der Waals surface area contributed by atoms with Gasteiger partial charge in [-0.2, -0.15) is 0 Å². The van der Waals surface area contributed by atoms with E-state index < -0.39 is 27.9 Å². The molecule has 0 spiro atoms. The molecule has 130 valence electrons. The van der Waals surface area contributed by atoms with Gasteiger partial charge in [0.2, 0.25) is 10.0 Å². The number of carboxylic acids is 1. The van der Waals surface area contributed by atoms with Crippen molar-refractivity contribution in [2.75, 3.05) is 7.05 Å². The lowest BCUT2D eigenvalue weighted by Gasteiger charge is -2.21. The summed E-state index contributed by atoms with van der Waals surface area (Å²) in [7, 11) is -2.55. The van der Waals surface area contributed by atoms with Crippen LogP contribution < -0.4 is 4.72 Å². The van der Waals surface area contributed by atoms with Crippen LogP contribution in [0.2, 0.25) is 0 Å². The third-order valence-electron chi connectivity index (χ3n) is 3.39. The highest BCUT2D eigenvalue weighted by Crippen LogP contribution is 2.24. The lowest BCUT2D eigenvalue weighted by atomic mass is 10.3. The zero-order valence-electron chi connectivity index (χ0n) is 12.9. The standard InChI is InChI=1S/C14H16N2O5S3/c1-9(14(18)19)16(2)13(17)12-11(5-7-23-12)24(20,21)15-8-10-4-3-6-22-10/h3-7,9,15H,8H2,1-2H3,(H,18,19). The van der Waals surface area contributed by atoms with E-state index in [1.807, 2.05) is 11.4 Å². The van der Waals surface area contributed by atoms with E-state index in [-0.39, 0.29) is 16.3 Å². The van der Waals surface area contributed by atoms with E-state index in [1.165, 1.54) is 36.8 Å². The molecule has 2 aromatic rings. The second-order valence-corrected chi connectivity index (χ2v) is 8.63. The van der Waals surface area contributed by atoms with Gasteiger partial charge in [-0.25, -0.2) is 17.9 Å². The molecule has 0 aliphatic heterocycles. The van der Waals surface area contributed by atoms with Gasteiger partial charge in [-0.15, -0.1) is 22.7 Å². The second kappa shape index (κ2) is 7.43. The number of amides is 1. The van der Waals surface area contributed by atoms with Gasteiger partial charge in [0.05, 0.1) is 0 Å². The summed E-state index contributed by atoms with van der Waals surface area (Å²) in [6.45, 7) is 1.49. The molecule has 0 fully saturated rings. The maximum absolute atomic E-state index is 12.5. The molecule has 0 radical (unpaired) electrons. The summed E-state index contributed by atoms with van der Waals surface area (Å²) in [5.74, 6) is -1.81. The molecule has 10 heteroatoms. The van der Waals surface area contributed by atoms with Crippen molar-refractivity contribution in [3.8, 4) is 0 Å². The van der Waals surface area contributed by atoms with Crippen LogP contribution in [-0.4, -0.2) is 43.4 Å². The summed E-state index contributed by atoms with van der Waals surface area (Å²) in [4.78, 5) is 25.1. The molecule has 24 heavy (non-hydrogen) atoms. The molecule has 0 saturated carbocycles. The Balaban J connectivity index is 2.22. The normalized spacial score (nSPS) is 12.8. The predicted molar refractivity (Wildman–Crippen MR) is 91.9 cm³/mol. The Hall–Kier alpha value is -1.75. The van der Waals surface area contributed by atoms with E-state index in [2.05, 4.69) is 4.72 Å². The fourth-order valence-corrected chi connectivity index (χ4v) is 4.97. The second-order valence-electron chi connectivity index (χ2n) is 4.95. The molecule has 2 N–H and O–H groups in total. The van der Waals surface area contributed by atoms with Gasteiger partial charge >= 0.3 is 5.97 Å². The summed E-state index contributed by atoms with van der Waals surface area (Å²) >= 11 is 2.38. The topological polar surface area (TPSA) is 104 Å². The van der Waals surface area contributed by atoms with E-state index in [0.29, 0.717) is 0 Å². The molecule has 7 nitrogen and oxygen atoms in total. The molecule has 0 bridgehead atoms. The largest absolute Gasteiger partial charge is 0.480 e. The number of carbonyl (C=O) groups excluding carboxylic acids is 1. The summed E-state index contributed by atoms with van der Waals surface area (Å²) in [6.07, 6.45) is 0. The lowest BCUT2D eigenvalue weighted by Crippen LogP contribution is -2.40. The maximum Gasteiger partial charge on any atom is 0.326 e. The number of carbonyl (C=O) groups is 2. The Kier molecular flexibility index (Phi) is 5.75. The third kappa shape index (κ3) is 4.01. The van der Waals surface area contributed by atoms with Gasteiger partial charge in [0.1, 0.15) is 15.8 Å². The van der Waals surface area contributed by atoms with Gasteiger partial charge < -0.3 is 10.0 Å². The van der Waals surface area contributed by atoms with Crippen LogP contribution in [0.4, 0.5) is 0 Å². The average Bonchev–Trinajstić information content (AvgIpc) is 3.21. The van der Waals surface area contributed by atoms with E-state index in [4.69, 9.17) is 5.11 Å². The number of thiophene rings is 2. The fraction of sp³-hybridized carbons (Fsp3) is 0.286. The van der Waals surface area contributed by atoms with Crippen LogP contribution in [0.15, 0.2) is 33.9 Å². The number of carboxylic acid groups (broad SMARTS) is 1. The van der Waals surface area contributed by atoms with Crippen LogP contribution >= 0.6 is 22.7 Å². The highest BCUT2D eigenvalue weighted by molar-refractivity contribution is 7.89. The van der Waals surface area contributed by atoms with Crippen molar-refractivity contribution in [3.05, 3.63) is 38.7 Å². The fourth-order valence-electron chi connectivity index (χ4n) is 1.82. The number of nitrogens with zero attached hydrogens (tertiary/aromatic N) is 1. The molecule has 2 aromatic heterocycles. The minimum atomic E-state index is -3.88. The molecule has 1 atom stereocenters. The molecule has 0 aliphatic carbocycles. The summed E-state index contributed by atoms with van der Waals surface area (Å²) < 4.78 is 27.4. The smallest absolute Gasteiger partial charge is 0.326 e. The zero-order chi connectivity index (χ0) is 17.9. The van der Waals surface area contributed by atoms with E-state index in [0.717, 1.165) is 21.1 Å². The van der Waals surface area contributed by atoms with Crippen LogP contribution in [0, 0.1) is 0 Å². The molecule has 1 amide bonds. The van der Waals surface area contributed by atoms with Gasteiger partial charge in [0.15, 0.2) is 0 Å². The minimum Gasteiger partial charge on any atom is -0.480 e. The first-order valence-corrected chi connectivity index (χ1v) is 10.1. The number of rotatable bonds is 7. The molecule has 0 aliphatic rings. The van der Waals surface area contributed by atoms with Crippen LogP contribution in [0.3, 0.4) is 0 Å². The van der Waals surface area contributed by atoms with Crippen LogP contribution in [0.5, 0.6) is 0 Å². The number of aliphatic carboxylic acids is 1. The van der Waals surface area contributed by atoms with Crippen molar-refractivity contribution in [3.63, 3.8) is 0 Å². The summed E-state index contributed by atoms with van der Waals surface area (Å²) in [5.41, 5.74) is 0. The Morgan fingerprint density at radius 2 is 2.00 bits per heavy atom. The monoisotopic (exact) mass is 388 g/mol. The molecule has 2 heterocycles. The highest BCUT2D eigenvalue weighted by Gasteiger charge is 2.29. The molecular weight excluding hydrogens is 372 g/mol. The summed E-state index contributed by atoms with van der Waals surface area (Å²) in [5, 5.41) is 12.3. The minimum absolute atomic E-state index is 0.00993. The van der Waals surface area contributed by atoms with Gasteiger partial charge in [-0.3, -0.25) is 4.79 Å². The van der Waals surface area contributed by atoms with Gasteiger partial charge in [-0.05, 0) is 29.8 Å². The van der Waals surface area contributed by atoms with Crippen molar-refractivity contribution < 1.29 is 23.1 Å². The number of nitrogens with one attached hydrogen (secondary N) is 1. The van der Waals surface area contributed by atoms with Crippen molar-refractivity contribution in [2.45, 2.75) is 24.4 Å². The first-order chi connectivity index (χ1) is 11.2. The number of hydrogen-bond acceptors (Lipinski definition) is 6. The van der Waals surface area contributed by atoms with Gasteiger partial charge in [0.25, 0.3) is 5.91 Å². The quantitative estimate of drug-likeness (QED) is 0.753. The number of hydrogen-bond donors (Lipinski definition) is 2. The zero-order valence-corrected chi connectivity index (χ0v) is 15.4. The van der Waals surface area contributed by atoms with Crippen LogP contribution in [0.25, 0.3) is 0 Å². The predicted octanol–water partition coefficient (Wildman–Crippen LogP) is 1.83. The lowest BCUT2D eigenvalue weighted by molar-refractivity contribution is -0.141. The first kappa shape index (κ1) is 18.6. The average molecular weight is 388 g/mol. The Morgan fingerprint density at radius 3 is 2.58 bits per heavy atom. The Morgan fingerprint density at radius 1 is 1.29 bits per heavy atom. The van der Waals surface area contributed by atoms with Crippen molar-refractivity contribution in [2.24, 2.45) is 0 Å². The number of likely N-dealkylation sites (N-methyl/N-ethyl adjacent to an activating group) is 1. The van der Waals surface area contributed by atoms with Gasteiger partial charge in [0, 0.05) is 18.5 Å². The molecule has 0 saturated heterocycles. The molecule has 0 aromatic carbocycles. The van der Waals surface area contributed by atoms with Crippen molar-refractivity contribution in [1.82, 2.24) is 9.62 Å². The molecule has 2 rings (SSSR count). The van der Waals surface area contributed by atoms with E-state index >= 15 is 0 Å². The Bertz CT molecular complexity index is 826. The molecule has 1 unspecified atom stereocenters. The van der Waals surface area contributed by atoms with Gasteiger partial charge in [-0.1, -0.05) is 6.07 Å². The number of sulfonamides is 1. The Labute approximate surface area is 147 Å². The van der Waals surface area contributed by atoms with Crippen molar-refractivity contribution >= 4 is 44.6 Å².